The topological polar surface area (TPSA) is 28.2 Å². The van der Waals surface area contributed by atoms with Crippen LogP contribution in [0.5, 0.6) is 0 Å². The molecular weight excluding hydrogens is 320 g/mol. The maximum absolute atomic E-state index is 13.8. The molecule has 0 spiro atoms. The lowest BCUT2D eigenvalue weighted by Gasteiger charge is -2.26. The molecule has 1 fully saturated rings. The summed E-state index contributed by atoms with van der Waals surface area (Å²) in [6, 6.07) is 9.73. The monoisotopic (exact) mass is 337 g/mol. The first-order valence-corrected chi connectivity index (χ1v) is 7.94. The van der Waals surface area contributed by atoms with Gasteiger partial charge in [0, 0.05) is 12.6 Å². The highest BCUT2D eigenvalue weighted by Crippen LogP contribution is 2.37. The molecule has 1 aliphatic heterocycles. The maximum Gasteiger partial charge on any atom is 0.214 e. The first-order valence-electron chi connectivity index (χ1n) is 7.56. The predicted molar refractivity (Wildman–Crippen MR) is 87.6 cm³/mol. The van der Waals surface area contributed by atoms with E-state index in [1.54, 1.807) is 18.2 Å². The third-order valence-electron chi connectivity index (χ3n) is 4.32. The van der Waals surface area contributed by atoms with Gasteiger partial charge in [0.25, 0.3) is 0 Å². The molecule has 1 aromatic carbocycles. The summed E-state index contributed by atoms with van der Waals surface area (Å²) >= 11 is 5.77. The van der Waals surface area contributed by atoms with Crippen LogP contribution < -0.4 is 5.32 Å². The molecule has 3 nitrogen and oxygen atoms in total. The van der Waals surface area contributed by atoms with E-state index in [1.165, 1.54) is 12.1 Å². The quantitative estimate of drug-likeness (QED) is 0.851. The van der Waals surface area contributed by atoms with Crippen LogP contribution in [0.4, 0.5) is 14.6 Å². The average Bonchev–Trinajstić information content (AvgIpc) is 2.89. The van der Waals surface area contributed by atoms with Gasteiger partial charge in [-0.1, -0.05) is 23.7 Å². The first-order chi connectivity index (χ1) is 11.0. The smallest absolute Gasteiger partial charge is 0.214 e. The van der Waals surface area contributed by atoms with E-state index in [4.69, 9.17) is 11.6 Å². The SMILES string of the molecule is CN1CCC(CNc2cccc(F)n2)C1c1ccc(Cl)c(F)c1. The van der Waals surface area contributed by atoms with Gasteiger partial charge < -0.3 is 5.32 Å². The van der Waals surface area contributed by atoms with E-state index in [9.17, 15) is 8.78 Å². The molecule has 0 amide bonds. The molecule has 0 aliphatic carbocycles. The molecule has 2 heterocycles. The molecule has 0 bridgehead atoms. The van der Waals surface area contributed by atoms with Crippen molar-refractivity contribution in [2.45, 2.75) is 12.5 Å². The van der Waals surface area contributed by atoms with Crippen LogP contribution in [-0.2, 0) is 0 Å². The van der Waals surface area contributed by atoms with Crippen LogP contribution in [0.3, 0.4) is 0 Å². The van der Waals surface area contributed by atoms with Crippen molar-refractivity contribution in [1.29, 1.82) is 0 Å². The molecule has 1 saturated heterocycles. The van der Waals surface area contributed by atoms with Gasteiger partial charge in [-0.25, -0.2) is 9.37 Å². The number of rotatable bonds is 4. The highest BCUT2D eigenvalue weighted by atomic mass is 35.5. The third kappa shape index (κ3) is 3.62. The Morgan fingerprint density at radius 3 is 2.87 bits per heavy atom. The third-order valence-corrected chi connectivity index (χ3v) is 4.63. The number of aromatic nitrogens is 1. The Balaban J connectivity index is 1.74. The molecule has 2 atom stereocenters. The zero-order valence-electron chi connectivity index (χ0n) is 12.8. The number of hydrogen-bond acceptors (Lipinski definition) is 3. The van der Waals surface area contributed by atoms with Crippen molar-refractivity contribution >= 4 is 17.4 Å². The fourth-order valence-corrected chi connectivity index (χ4v) is 3.32. The lowest BCUT2D eigenvalue weighted by atomic mass is 9.93. The number of benzene rings is 1. The molecule has 122 valence electrons. The summed E-state index contributed by atoms with van der Waals surface area (Å²) < 4.78 is 26.9. The Labute approximate surface area is 139 Å². The summed E-state index contributed by atoms with van der Waals surface area (Å²) in [5.41, 5.74) is 0.908. The predicted octanol–water partition coefficient (Wildman–Crippen LogP) is 4.12. The fourth-order valence-electron chi connectivity index (χ4n) is 3.21. The van der Waals surface area contributed by atoms with Crippen molar-refractivity contribution in [1.82, 2.24) is 9.88 Å². The molecule has 23 heavy (non-hydrogen) atoms. The van der Waals surface area contributed by atoms with Gasteiger partial charge >= 0.3 is 0 Å². The first kappa shape index (κ1) is 16.1. The van der Waals surface area contributed by atoms with Crippen molar-refractivity contribution in [3.63, 3.8) is 0 Å². The van der Waals surface area contributed by atoms with Crippen LogP contribution in [0.1, 0.15) is 18.0 Å². The van der Waals surface area contributed by atoms with Gasteiger partial charge in [0.15, 0.2) is 0 Å². The number of pyridine rings is 1. The fraction of sp³-hybridized carbons (Fsp3) is 0.353. The van der Waals surface area contributed by atoms with Crippen LogP contribution >= 0.6 is 11.6 Å². The second-order valence-electron chi connectivity index (χ2n) is 5.87. The Hall–Kier alpha value is -1.72. The minimum Gasteiger partial charge on any atom is -0.370 e. The molecule has 0 radical (unpaired) electrons. The Kier molecular flexibility index (Phi) is 4.78. The van der Waals surface area contributed by atoms with Crippen LogP contribution in [0, 0.1) is 17.7 Å². The Bertz CT molecular complexity index is 695. The van der Waals surface area contributed by atoms with Gasteiger partial charge in [0.1, 0.15) is 11.6 Å². The number of hydrogen-bond donors (Lipinski definition) is 1. The minimum absolute atomic E-state index is 0.0998. The standard InChI is InChI=1S/C17H18ClF2N3/c1-23-8-7-12(10-21-16-4-2-3-15(20)22-16)17(23)11-5-6-13(18)14(19)9-11/h2-6,9,12,17H,7-8,10H2,1H3,(H,21,22). The lowest BCUT2D eigenvalue weighted by molar-refractivity contribution is 0.281. The number of anilines is 1. The van der Waals surface area contributed by atoms with Crippen molar-refractivity contribution in [3.05, 3.63) is 58.7 Å². The van der Waals surface area contributed by atoms with Crippen LogP contribution in [0.15, 0.2) is 36.4 Å². The van der Waals surface area contributed by atoms with E-state index in [1.807, 2.05) is 13.1 Å². The molecule has 1 N–H and O–H groups in total. The highest BCUT2D eigenvalue weighted by molar-refractivity contribution is 6.30. The molecule has 1 aromatic heterocycles. The zero-order valence-corrected chi connectivity index (χ0v) is 13.5. The second kappa shape index (κ2) is 6.81. The van der Waals surface area contributed by atoms with E-state index in [-0.39, 0.29) is 17.0 Å². The van der Waals surface area contributed by atoms with Gasteiger partial charge in [-0.2, -0.15) is 4.39 Å². The number of likely N-dealkylation sites (tertiary alicyclic amines) is 1. The van der Waals surface area contributed by atoms with Gasteiger partial charge in [0.05, 0.1) is 5.02 Å². The van der Waals surface area contributed by atoms with Crippen molar-refractivity contribution in [2.24, 2.45) is 5.92 Å². The van der Waals surface area contributed by atoms with Crippen LogP contribution in [0.2, 0.25) is 5.02 Å². The normalized spacial score (nSPS) is 21.6. The van der Waals surface area contributed by atoms with Crippen molar-refractivity contribution < 1.29 is 8.78 Å². The summed E-state index contributed by atoms with van der Waals surface area (Å²) in [7, 11) is 2.03. The summed E-state index contributed by atoms with van der Waals surface area (Å²) in [5.74, 6) is -0.107. The van der Waals surface area contributed by atoms with Gasteiger partial charge in [-0.15, -0.1) is 0 Å². The highest BCUT2D eigenvalue weighted by Gasteiger charge is 2.33. The molecule has 0 saturated carbocycles. The van der Waals surface area contributed by atoms with Gasteiger partial charge in [-0.05, 0) is 55.8 Å². The second-order valence-corrected chi connectivity index (χ2v) is 6.28. The summed E-state index contributed by atoms with van der Waals surface area (Å²) in [5, 5.41) is 3.31. The van der Waals surface area contributed by atoms with Crippen LogP contribution in [0.25, 0.3) is 0 Å². The van der Waals surface area contributed by atoms with E-state index in [2.05, 4.69) is 15.2 Å². The van der Waals surface area contributed by atoms with Crippen LogP contribution in [-0.4, -0.2) is 30.0 Å². The Morgan fingerprint density at radius 1 is 1.30 bits per heavy atom. The molecular formula is C17H18ClF2N3. The maximum atomic E-state index is 13.8. The number of nitrogens with zero attached hydrogens (tertiary/aromatic N) is 2. The average molecular weight is 338 g/mol. The van der Waals surface area contributed by atoms with E-state index >= 15 is 0 Å². The lowest BCUT2D eigenvalue weighted by Crippen LogP contribution is -2.25. The molecule has 2 unspecified atom stereocenters. The number of halogens is 3. The summed E-state index contributed by atoms with van der Waals surface area (Å²) in [6.07, 6.45) is 0.980. The minimum atomic E-state index is -0.505. The van der Waals surface area contributed by atoms with E-state index in [0.717, 1.165) is 18.5 Å². The molecule has 1 aliphatic rings. The van der Waals surface area contributed by atoms with E-state index < -0.39 is 11.8 Å². The summed E-state index contributed by atoms with van der Waals surface area (Å²) in [6.45, 7) is 1.58. The zero-order chi connectivity index (χ0) is 16.4. The molecule has 2 aromatic rings. The van der Waals surface area contributed by atoms with Gasteiger partial charge in [0.2, 0.25) is 5.95 Å². The molecule has 6 heteroatoms. The van der Waals surface area contributed by atoms with E-state index in [0.29, 0.717) is 12.4 Å². The largest absolute Gasteiger partial charge is 0.370 e. The van der Waals surface area contributed by atoms with Crippen molar-refractivity contribution in [3.8, 4) is 0 Å². The molecule has 3 rings (SSSR count). The van der Waals surface area contributed by atoms with Crippen molar-refractivity contribution in [2.75, 3.05) is 25.5 Å². The number of nitrogens with one attached hydrogen (secondary N) is 1. The Morgan fingerprint density at radius 2 is 2.13 bits per heavy atom. The van der Waals surface area contributed by atoms with Gasteiger partial charge in [-0.3, -0.25) is 4.90 Å². The summed E-state index contributed by atoms with van der Waals surface area (Å²) in [4.78, 5) is 6.01.